The molecule has 0 aliphatic rings. The topological polar surface area (TPSA) is 35.6 Å². The van der Waals surface area contributed by atoms with E-state index in [1.165, 1.54) is 0 Å². The normalized spacial score (nSPS) is 11.0. The number of pyridine rings is 1. The largest absolute Gasteiger partial charge is 0.237 e. The first kappa shape index (κ1) is 8.67. The number of hydrogen-bond acceptors (Lipinski definition) is 2. The smallest absolute Gasteiger partial charge is 0.160 e. The standard InChI is InChI=1S/C10H7BrN4/c11-9-6-13-15(7-9)14-5-3-8-2-1-4-12-10(8)14/h1-7H. The third kappa shape index (κ3) is 1.35. The van der Waals surface area contributed by atoms with Crippen molar-refractivity contribution in [3.05, 3.63) is 47.5 Å². The Labute approximate surface area is 94.3 Å². The van der Waals surface area contributed by atoms with Crippen molar-refractivity contribution in [2.24, 2.45) is 0 Å². The lowest BCUT2D eigenvalue weighted by Crippen LogP contribution is -2.08. The van der Waals surface area contributed by atoms with Gasteiger partial charge in [0.1, 0.15) is 0 Å². The van der Waals surface area contributed by atoms with E-state index < -0.39 is 0 Å². The van der Waals surface area contributed by atoms with Crippen LogP contribution in [0.2, 0.25) is 0 Å². The molecule has 0 fully saturated rings. The van der Waals surface area contributed by atoms with Crippen LogP contribution in [-0.2, 0) is 0 Å². The van der Waals surface area contributed by atoms with E-state index in [1.807, 2.05) is 35.3 Å². The summed E-state index contributed by atoms with van der Waals surface area (Å²) in [5.74, 6) is 0. The fraction of sp³-hybridized carbons (Fsp3) is 0. The minimum absolute atomic E-state index is 0.896. The van der Waals surface area contributed by atoms with E-state index in [0.29, 0.717) is 0 Å². The summed E-state index contributed by atoms with van der Waals surface area (Å²) in [6.45, 7) is 0. The van der Waals surface area contributed by atoms with Gasteiger partial charge in [-0.3, -0.25) is 0 Å². The molecule has 4 nitrogen and oxygen atoms in total. The van der Waals surface area contributed by atoms with Crippen LogP contribution in [0, 0.1) is 0 Å². The van der Waals surface area contributed by atoms with E-state index in [-0.39, 0.29) is 0 Å². The molecule has 15 heavy (non-hydrogen) atoms. The van der Waals surface area contributed by atoms with Gasteiger partial charge in [0.25, 0.3) is 0 Å². The Bertz CT molecular complexity index is 610. The molecule has 0 amide bonds. The Hall–Kier alpha value is -1.62. The average molecular weight is 263 g/mol. The quantitative estimate of drug-likeness (QED) is 0.675. The fourth-order valence-electron chi connectivity index (χ4n) is 1.53. The first-order chi connectivity index (χ1) is 7.34. The van der Waals surface area contributed by atoms with Crippen LogP contribution in [0.5, 0.6) is 0 Å². The van der Waals surface area contributed by atoms with E-state index >= 15 is 0 Å². The Balaban J connectivity index is 2.27. The van der Waals surface area contributed by atoms with Crippen molar-refractivity contribution < 1.29 is 0 Å². The summed E-state index contributed by atoms with van der Waals surface area (Å²) >= 11 is 3.36. The van der Waals surface area contributed by atoms with Crippen LogP contribution in [0.3, 0.4) is 0 Å². The molecule has 0 bridgehead atoms. The minimum atomic E-state index is 0.896. The molecule has 5 heteroatoms. The van der Waals surface area contributed by atoms with Gasteiger partial charge in [-0.15, -0.1) is 0 Å². The zero-order valence-corrected chi connectivity index (χ0v) is 9.29. The zero-order chi connectivity index (χ0) is 10.3. The van der Waals surface area contributed by atoms with Crippen molar-refractivity contribution >= 4 is 27.0 Å². The minimum Gasteiger partial charge on any atom is -0.237 e. The van der Waals surface area contributed by atoms with Crippen molar-refractivity contribution in [3.8, 4) is 0 Å². The number of hydrogen-bond donors (Lipinski definition) is 0. The van der Waals surface area contributed by atoms with Crippen LogP contribution in [-0.4, -0.2) is 19.5 Å². The highest BCUT2D eigenvalue weighted by atomic mass is 79.9. The summed E-state index contributed by atoms with van der Waals surface area (Å²) in [5, 5.41) is 5.30. The van der Waals surface area contributed by atoms with Gasteiger partial charge in [0.05, 0.1) is 16.9 Å². The molecule has 0 spiro atoms. The lowest BCUT2D eigenvalue weighted by atomic mass is 10.3. The highest BCUT2D eigenvalue weighted by Crippen LogP contribution is 2.14. The molecule has 0 atom stereocenters. The molecule has 0 radical (unpaired) electrons. The van der Waals surface area contributed by atoms with Crippen LogP contribution in [0.25, 0.3) is 11.0 Å². The fourth-order valence-corrected chi connectivity index (χ4v) is 1.80. The van der Waals surface area contributed by atoms with Gasteiger partial charge < -0.3 is 0 Å². The Kier molecular flexibility index (Phi) is 1.85. The van der Waals surface area contributed by atoms with Crippen LogP contribution >= 0.6 is 15.9 Å². The molecule has 0 saturated heterocycles. The van der Waals surface area contributed by atoms with E-state index in [9.17, 15) is 0 Å². The van der Waals surface area contributed by atoms with Gasteiger partial charge in [-0.1, -0.05) is 0 Å². The molecular weight excluding hydrogens is 256 g/mol. The zero-order valence-electron chi connectivity index (χ0n) is 7.71. The number of rotatable bonds is 1. The molecule has 3 heterocycles. The average Bonchev–Trinajstić information content (AvgIpc) is 2.83. The molecule has 0 N–H and O–H groups in total. The molecule has 3 rings (SSSR count). The molecular formula is C10H7BrN4. The molecule has 3 aromatic rings. The van der Waals surface area contributed by atoms with Crippen LogP contribution in [0.1, 0.15) is 0 Å². The van der Waals surface area contributed by atoms with Gasteiger partial charge in [-0.25, -0.2) is 9.66 Å². The Morgan fingerprint density at radius 2 is 2.20 bits per heavy atom. The summed E-state index contributed by atoms with van der Waals surface area (Å²) < 4.78 is 2.83. The molecule has 0 aliphatic carbocycles. The summed E-state index contributed by atoms with van der Waals surface area (Å²) in [4.78, 5) is 6.05. The van der Waals surface area contributed by atoms with Crippen molar-refractivity contribution in [1.82, 2.24) is 19.5 Å². The van der Waals surface area contributed by atoms with Gasteiger partial charge in [0.15, 0.2) is 5.65 Å². The van der Waals surface area contributed by atoms with E-state index in [0.717, 1.165) is 15.5 Å². The lowest BCUT2D eigenvalue weighted by Gasteiger charge is -2.02. The van der Waals surface area contributed by atoms with Crippen molar-refractivity contribution in [2.75, 3.05) is 0 Å². The van der Waals surface area contributed by atoms with Crippen molar-refractivity contribution in [1.29, 1.82) is 0 Å². The van der Waals surface area contributed by atoms with Gasteiger partial charge >= 0.3 is 0 Å². The van der Waals surface area contributed by atoms with Crippen LogP contribution in [0.15, 0.2) is 47.5 Å². The number of nitrogens with zero attached hydrogens (tertiary/aromatic N) is 4. The van der Waals surface area contributed by atoms with E-state index in [1.54, 1.807) is 17.2 Å². The molecule has 3 aromatic heterocycles. The first-order valence-corrected chi connectivity index (χ1v) is 5.27. The SMILES string of the molecule is Brc1cnn(-n2ccc3cccnc32)c1. The Morgan fingerprint density at radius 1 is 1.27 bits per heavy atom. The Morgan fingerprint density at radius 3 is 3.00 bits per heavy atom. The second-order valence-electron chi connectivity index (χ2n) is 3.16. The number of halogens is 1. The van der Waals surface area contributed by atoms with Gasteiger partial charge in [-0.2, -0.15) is 9.89 Å². The molecule has 0 saturated carbocycles. The summed E-state index contributed by atoms with van der Waals surface area (Å²) in [6, 6.07) is 5.96. The summed E-state index contributed by atoms with van der Waals surface area (Å²) in [5.41, 5.74) is 0.896. The van der Waals surface area contributed by atoms with E-state index in [2.05, 4.69) is 26.0 Å². The third-order valence-electron chi connectivity index (χ3n) is 2.19. The lowest BCUT2D eigenvalue weighted by molar-refractivity contribution is 0.591. The highest BCUT2D eigenvalue weighted by Gasteiger charge is 2.03. The number of aromatic nitrogens is 4. The second kappa shape index (κ2) is 3.20. The summed E-state index contributed by atoms with van der Waals surface area (Å²) in [7, 11) is 0. The van der Waals surface area contributed by atoms with Gasteiger partial charge in [-0.05, 0) is 34.1 Å². The van der Waals surface area contributed by atoms with Gasteiger partial charge in [0.2, 0.25) is 0 Å². The molecule has 0 aliphatic heterocycles. The maximum absolute atomic E-state index is 4.31. The number of fused-ring (bicyclic) bond motifs is 1. The van der Waals surface area contributed by atoms with Gasteiger partial charge in [0, 0.05) is 17.8 Å². The maximum atomic E-state index is 4.31. The molecule has 74 valence electrons. The summed E-state index contributed by atoms with van der Waals surface area (Å²) in [6.07, 6.45) is 7.34. The predicted molar refractivity (Wildman–Crippen MR) is 60.5 cm³/mol. The van der Waals surface area contributed by atoms with Crippen LogP contribution in [0.4, 0.5) is 0 Å². The predicted octanol–water partition coefficient (Wildman–Crippen LogP) is 2.31. The third-order valence-corrected chi connectivity index (χ3v) is 2.60. The van der Waals surface area contributed by atoms with Crippen molar-refractivity contribution in [2.45, 2.75) is 0 Å². The first-order valence-electron chi connectivity index (χ1n) is 4.47. The highest BCUT2D eigenvalue weighted by molar-refractivity contribution is 9.10. The molecule has 0 aromatic carbocycles. The van der Waals surface area contributed by atoms with Crippen LogP contribution < -0.4 is 0 Å². The monoisotopic (exact) mass is 262 g/mol. The van der Waals surface area contributed by atoms with Crippen molar-refractivity contribution in [3.63, 3.8) is 0 Å². The second-order valence-corrected chi connectivity index (χ2v) is 4.07. The van der Waals surface area contributed by atoms with E-state index in [4.69, 9.17) is 0 Å². The maximum Gasteiger partial charge on any atom is 0.160 e. The molecule has 0 unspecified atom stereocenters.